The van der Waals surface area contributed by atoms with E-state index in [1.807, 2.05) is 20.8 Å². The van der Waals surface area contributed by atoms with Crippen molar-refractivity contribution in [1.29, 1.82) is 0 Å². The highest BCUT2D eigenvalue weighted by Gasteiger charge is 2.30. The third-order valence-electron chi connectivity index (χ3n) is 3.77. The van der Waals surface area contributed by atoms with Crippen LogP contribution in [-0.4, -0.2) is 39.8 Å². The first kappa shape index (κ1) is 19.3. The van der Waals surface area contributed by atoms with Gasteiger partial charge < -0.3 is 10.1 Å². The van der Waals surface area contributed by atoms with Crippen LogP contribution in [-0.2, 0) is 14.8 Å². The van der Waals surface area contributed by atoms with Crippen LogP contribution in [0.2, 0.25) is 0 Å². The maximum Gasteiger partial charge on any atom is 0.243 e. The van der Waals surface area contributed by atoms with Gasteiger partial charge in [0.25, 0.3) is 0 Å². The van der Waals surface area contributed by atoms with E-state index in [-0.39, 0.29) is 17.9 Å². The van der Waals surface area contributed by atoms with Gasteiger partial charge in [0, 0.05) is 12.1 Å². The van der Waals surface area contributed by atoms with Crippen molar-refractivity contribution in [1.82, 2.24) is 5.32 Å². The summed E-state index contributed by atoms with van der Waals surface area (Å²) in [5, 5.41) is 2.85. The number of hydrogen-bond donors (Lipinski definition) is 1. The molecule has 0 radical (unpaired) electrons. The lowest BCUT2D eigenvalue weighted by Gasteiger charge is -2.30. The second kappa shape index (κ2) is 7.68. The molecular formula is C16H26N2O4S. The normalized spacial score (nSPS) is 14.2. The molecule has 0 bridgehead atoms. The Morgan fingerprint density at radius 1 is 1.22 bits per heavy atom. The van der Waals surface area contributed by atoms with Gasteiger partial charge in [0.15, 0.2) is 0 Å². The van der Waals surface area contributed by atoms with E-state index >= 15 is 0 Å². The fraction of sp³-hybridized carbons (Fsp3) is 0.562. The molecule has 130 valence electrons. The number of hydrogen-bond acceptors (Lipinski definition) is 4. The number of ether oxygens (including phenoxy) is 1. The van der Waals surface area contributed by atoms with Crippen molar-refractivity contribution in [2.75, 3.05) is 17.7 Å². The first-order valence-corrected chi connectivity index (χ1v) is 9.36. The van der Waals surface area contributed by atoms with Gasteiger partial charge in [-0.15, -0.1) is 0 Å². The molecule has 0 aromatic heterocycles. The Morgan fingerprint density at radius 3 is 2.30 bits per heavy atom. The van der Waals surface area contributed by atoms with Crippen molar-refractivity contribution in [3.05, 3.63) is 24.3 Å². The van der Waals surface area contributed by atoms with Crippen LogP contribution in [0.4, 0.5) is 5.69 Å². The van der Waals surface area contributed by atoms with Gasteiger partial charge in [-0.25, -0.2) is 8.42 Å². The summed E-state index contributed by atoms with van der Waals surface area (Å²) >= 11 is 0. The average molecular weight is 342 g/mol. The van der Waals surface area contributed by atoms with Crippen LogP contribution < -0.4 is 14.4 Å². The lowest BCUT2D eigenvalue weighted by Crippen LogP contribution is -2.50. The number of carbonyl (C=O) groups is 1. The van der Waals surface area contributed by atoms with Gasteiger partial charge in [0.2, 0.25) is 15.9 Å². The van der Waals surface area contributed by atoms with E-state index in [0.29, 0.717) is 11.4 Å². The smallest absolute Gasteiger partial charge is 0.243 e. The minimum absolute atomic E-state index is 0.0448. The lowest BCUT2D eigenvalue weighted by atomic mass is 10.1. The van der Waals surface area contributed by atoms with E-state index in [1.54, 1.807) is 31.2 Å². The monoisotopic (exact) mass is 342 g/mol. The Hall–Kier alpha value is -1.76. The minimum Gasteiger partial charge on any atom is -0.497 e. The summed E-state index contributed by atoms with van der Waals surface area (Å²) in [7, 11) is -2.12. The van der Waals surface area contributed by atoms with Crippen LogP contribution in [0, 0.1) is 5.92 Å². The summed E-state index contributed by atoms with van der Waals surface area (Å²) in [6.45, 7) is 7.45. The summed E-state index contributed by atoms with van der Waals surface area (Å²) in [6, 6.07) is 5.73. The molecule has 0 aliphatic heterocycles. The third kappa shape index (κ3) is 5.13. The van der Waals surface area contributed by atoms with E-state index in [1.165, 1.54) is 7.11 Å². The topological polar surface area (TPSA) is 75.7 Å². The van der Waals surface area contributed by atoms with Gasteiger partial charge in [-0.05, 0) is 31.9 Å². The maximum atomic E-state index is 12.4. The van der Waals surface area contributed by atoms with Crippen molar-refractivity contribution in [2.24, 2.45) is 5.92 Å². The Bertz CT molecular complexity index is 643. The predicted octanol–water partition coefficient (Wildman–Crippen LogP) is 2.01. The van der Waals surface area contributed by atoms with E-state index in [4.69, 9.17) is 4.74 Å². The van der Waals surface area contributed by atoms with E-state index in [9.17, 15) is 13.2 Å². The number of sulfonamides is 1. The molecular weight excluding hydrogens is 316 g/mol. The molecule has 6 nitrogen and oxygen atoms in total. The first-order chi connectivity index (χ1) is 10.6. The Balaban J connectivity index is 3.14. The van der Waals surface area contributed by atoms with Gasteiger partial charge in [-0.1, -0.05) is 19.9 Å². The van der Waals surface area contributed by atoms with Crippen LogP contribution in [0.25, 0.3) is 0 Å². The molecule has 1 N–H and O–H groups in total. The van der Waals surface area contributed by atoms with E-state index < -0.39 is 16.1 Å². The Morgan fingerprint density at radius 2 is 1.83 bits per heavy atom. The fourth-order valence-corrected chi connectivity index (χ4v) is 3.23. The number of carbonyl (C=O) groups excluding carboxylic acids is 1. The molecule has 1 aromatic rings. The molecule has 0 saturated carbocycles. The number of nitrogens with one attached hydrogen (secondary N) is 1. The first-order valence-electron chi connectivity index (χ1n) is 7.51. The standard InChI is InChI=1S/C16H26N2O4S/c1-11(2)12(3)17-16(19)13(4)18(23(6,20)21)14-8-7-9-15(10-14)22-5/h7-13H,1-6H3,(H,17,19)/t12-,13+/m0/s1. The van der Waals surface area contributed by atoms with E-state index in [0.717, 1.165) is 10.6 Å². The van der Waals surface area contributed by atoms with Gasteiger partial charge >= 0.3 is 0 Å². The summed E-state index contributed by atoms with van der Waals surface area (Å²) in [4.78, 5) is 12.4. The number of benzene rings is 1. The quantitative estimate of drug-likeness (QED) is 0.822. The van der Waals surface area contributed by atoms with Crippen LogP contribution in [0.15, 0.2) is 24.3 Å². The van der Waals surface area contributed by atoms with Gasteiger partial charge in [0.05, 0.1) is 19.1 Å². The van der Waals surface area contributed by atoms with Crippen molar-refractivity contribution >= 4 is 21.6 Å². The number of nitrogens with zero attached hydrogens (tertiary/aromatic N) is 1. The van der Waals surface area contributed by atoms with Crippen LogP contribution >= 0.6 is 0 Å². The zero-order valence-corrected chi connectivity index (χ0v) is 15.3. The number of amides is 1. The molecule has 0 spiro atoms. The number of methoxy groups -OCH3 is 1. The van der Waals surface area contributed by atoms with Gasteiger partial charge in [-0.2, -0.15) is 0 Å². The summed E-state index contributed by atoms with van der Waals surface area (Å²) in [5.74, 6) is 0.452. The van der Waals surface area contributed by atoms with Crippen molar-refractivity contribution in [3.63, 3.8) is 0 Å². The zero-order chi connectivity index (χ0) is 17.8. The van der Waals surface area contributed by atoms with Crippen LogP contribution in [0.1, 0.15) is 27.7 Å². The molecule has 0 aliphatic rings. The Labute approximate surface area is 138 Å². The molecule has 23 heavy (non-hydrogen) atoms. The molecule has 0 unspecified atom stereocenters. The fourth-order valence-electron chi connectivity index (χ4n) is 2.07. The minimum atomic E-state index is -3.63. The SMILES string of the molecule is COc1cccc(N([C@H](C)C(=O)N[C@@H](C)C(C)C)S(C)(=O)=O)c1. The summed E-state index contributed by atoms with van der Waals surface area (Å²) in [6.07, 6.45) is 1.09. The highest BCUT2D eigenvalue weighted by atomic mass is 32.2. The maximum absolute atomic E-state index is 12.4. The molecule has 1 aromatic carbocycles. The summed E-state index contributed by atoms with van der Waals surface area (Å²) < 4.78 is 30.6. The molecule has 0 aliphatic carbocycles. The molecule has 2 atom stereocenters. The average Bonchev–Trinajstić information content (AvgIpc) is 2.45. The number of rotatable bonds is 7. The van der Waals surface area contributed by atoms with Crippen molar-refractivity contribution < 1.29 is 17.9 Å². The summed E-state index contributed by atoms with van der Waals surface area (Å²) in [5.41, 5.74) is 0.395. The third-order valence-corrected chi connectivity index (χ3v) is 5.01. The molecule has 0 fully saturated rings. The lowest BCUT2D eigenvalue weighted by molar-refractivity contribution is -0.122. The molecule has 0 heterocycles. The predicted molar refractivity (Wildman–Crippen MR) is 92.2 cm³/mol. The van der Waals surface area contributed by atoms with Crippen LogP contribution in [0.5, 0.6) is 5.75 Å². The Kier molecular flexibility index (Phi) is 6.44. The molecule has 1 amide bonds. The van der Waals surface area contributed by atoms with Crippen LogP contribution in [0.3, 0.4) is 0 Å². The molecule has 1 rings (SSSR count). The highest BCUT2D eigenvalue weighted by Crippen LogP contribution is 2.25. The largest absolute Gasteiger partial charge is 0.497 e. The van der Waals surface area contributed by atoms with E-state index in [2.05, 4.69) is 5.32 Å². The van der Waals surface area contributed by atoms with Gasteiger partial charge in [-0.3, -0.25) is 9.10 Å². The van der Waals surface area contributed by atoms with Gasteiger partial charge in [0.1, 0.15) is 11.8 Å². The second-order valence-electron chi connectivity index (χ2n) is 5.98. The second-order valence-corrected chi connectivity index (χ2v) is 7.84. The zero-order valence-electron chi connectivity index (χ0n) is 14.5. The molecule has 7 heteroatoms. The van der Waals surface area contributed by atoms with Crippen molar-refractivity contribution in [2.45, 2.75) is 39.8 Å². The number of anilines is 1. The van der Waals surface area contributed by atoms with Crippen molar-refractivity contribution in [3.8, 4) is 5.75 Å². The highest BCUT2D eigenvalue weighted by molar-refractivity contribution is 7.92. The molecule has 0 saturated heterocycles.